The number of nitrogens with one attached hydrogen (secondary N) is 2. The van der Waals surface area contributed by atoms with E-state index in [2.05, 4.69) is 15.4 Å². The summed E-state index contributed by atoms with van der Waals surface area (Å²) in [6.07, 6.45) is 2.99. The fourth-order valence-corrected chi connectivity index (χ4v) is 3.88. The SMILES string of the molecule is Cc1nc2c(c(C)c1CNC(=O)[C@@H]1CCC[C@@H]1CN)c(=O)[nH]n2C.Cl.Cl. The van der Waals surface area contributed by atoms with Gasteiger partial charge in [0, 0.05) is 25.2 Å². The maximum atomic E-state index is 12.5. The van der Waals surface area contributed by atoms with Gasteiger partial charge < -0.3 is 11.1 Å². The Labute approximate surface area is 164 Å². The lowest BCUT2D eigenvalue weighted by molar-refractivity contribution is -0.126. The molecule has 2 aromatic rings. The summed E-state index contributed by atoms with van der Waals surface area (Å²) in [5.41, 5.74) is 8.88. The molecule has 2 heterocycles. The summed E-state index contributed by atoms with van der Waals surface area (Å²) in [4.78, 5) is 29.1. The lowest BCUT2D eigenvalue weighted by Crippen LogP contribution is -2.35. The number of nitrogens with two attached hydrogens (primary N) is 1. The van der Waals surface area contributed by atoms with E-state index < -0.39 is 0 Å². The van der Waals surface area contributed by atoms with E-state index in [1.54, 1.807) is 11.7 Å². The quantitative estimate of drug-likeness (QED) is 0.721. The number of hydrogen-bond donors (Lipinski definition) is 3. The Morgan fingerprint density at radius 2 is 2.04 bits per heavy atom. The summed E-state index contributed by atoms with van der Waals surface area (Å²) in [7, 11) is 1.77. The van der Waals surface area contributed by atoms with Crippen molar-refractivity contribution in [2.75, 3.05) is 6.54 Å². The van der Waals surface area contributed by atoms with E-state index >= 15 is 0 Å². The number of nitrogens with zero attached hydrogens (tertiary/aromatic N) is 2. The summed E-state index contributed by atoms with van der Waals surface area (Å²) >= 11 is 0. The zero-order chi connectivity index (χ0) is 17.4. The first-order chi connectivity index (χ1) is 11.4. The largest absolute Gasteiger partial charge is 0.352 e. The molecule has 0 radical (unpaired) electrons. The Hall–Kier alpha value is -1.57. The van der Waals surface area contributed by atoms with Gasteiger partial charge in [-0.3, -0.25) is 19.4 Å². The molecule has 0 bridgehead atoms. The molecule has 0 aromatic carbocycles. The van der Waals surface area contributed by atoms with Crippen LogP contribution in [0.1, 0.15) is 36.1 Å². The number of aryl methyl sites for hydroxylation is 3. The predicted molar refractivity (Wildman–Crippen MR) is 107 cm³/mol. The average Bonchev–Trinajstić information content (AvgIpc) is 3.11. The number of carbonyl (C=O) groups is 1. The number of halogens is 2. The van der Waals surface area contributed by atoms with E-state index in [0.717, 1.165) is 36.1 Å². The maximum absolute atomic E-state index is 12.5. The third kappa shape index (κ3) is 3.89. The van der Waals surface area contributed by atoms with Gasteiger partial charge in [-0.05, 0) is 50.3 Å². The fraction of sp³-hybridized carbons (Fsp3) is 0.588. The van der Waals surface area contributed by atoms with Crippen molar-refractivity contribution >= 4 is 41.8 Å². The third-order valence-electron chi connectivity index (χ3n) is 5.31. The van der Waals surface area contributed by atoms with Crippen LogP contribution in [0.4, 0.5) is 0 Å². The van der Waals surface area contributed by atoms with Gasteiger partial charge >= 0.3 is 0 Å². The van der Waals surface area contributed by atoms with Crippen molar-refractivity contribution < 1.29 is 4.79 Å². The summed E-state index contributed by atoms with van der Waals surface area (Å²) in [5, 5.41) is 6.35. The topological polar surface area (TPSA) is 106 Å². The standard InChI is InChI=1S/C17H25N5O2.2ClH/c1-9-13(8-19-16(23)12-6-4-5-11(12)7-18)10(2)20-15-14(9)17(24)21-22(15)3;;/h11-12H,4-8,18H2,1-3H3,(H,19,23)(H,21,24);2*1H/t11-,12-;;/m1../s1. The molecule has 7 nitrogen and oxygen atoms in total. The number of aromatic amines is 1. The minimum absolute atomic E-state index is 0. The molecule has 0 spiro atoms. The first kappa shape index (κ1) is 22.5. The van der Waals surface area contributed by atoms with Crippen LogP contribution in [0.5, 0.6) is 0 Å². The second kappa shape index (κ2) is 8.88. The first-order valence-corrected chi connectivity index (χ1v) is 8.46. The molecular weight excluding hydrogens is 377 g/mol. The maximum Gasteiger partial charge on any atom is 0.273 e. The van der Waals surface area contributed by atoms with Crippen molar-refractivity contribution in [2.24, 2.45) is 24.6 Å². The third-order valence-corrected chi connectivity index (χ3v) is 5.31. The van der Waals surface area contributed by atoms with Gasteiger partial charge in [-0.1, -0.05) is 6.42 Å². The van der Waals surface area contributed by atoms with Crippen LogP contribution in [0.2, 0.25) is 0 Å². The molecule has 2 aromatic heterocycles. The van der Waals surface area contributed by atoms with Crippen LogP contribution in [0, 0.1) is 25.7 Å². The highest BCUT2D eigenvalue weighted by atomic mass is 35.5. The Kier molecular flexibility index (Phi) is 7.68. The van der Waals surface area contributed by atoms with E-state index in [0.29, 0.717) is 24.1 Å². The minimum atomic E-state index is -0.149. The van der Waals surface area contributed by atoms with Gasteiger partial charge in [-0.25, -0.2) is 4.98 Å². The molecule has 1 fully saturated rings. The predicted octanol–water partition coefficient (Wildman–Crippen LogP) is 1.71. The fourth-order valence-electron chi connectivity index (χ4n) is 3.88. The molecule has 9 heteroatoms. The minimum Gasteiger partial charge on any atom is -0.352 e. The highest BCUT2D eigenvalue weighted by Crippen LogP contribution is 2.31. The monoisotopic (exact) mass is 403 g/mol. The van der Waals surface area contributed by atoms with E-state index in [9.17, 15) is 9.59 Å². The highest BCUT2D eigenvalue weighted by molar-refractivity contribution is 5.85. The van der Waals surface area contributed by atoms with E-state index in [-0.39, 0.29) is 48.1 Å². The van der Waals surface area contributed by atoms with Crippen LogP contribution in [0.3, 0.4) is 0 Å². The zero-order valence-corrected chi connectivity index (χ0v) is 16.9. The molecule has 1 aliphatic carbocycles. The van der Waals surface area contributed by atoms with E-state index in [4.69, 9.17) is 5.73 Å². The molecule has 146 valence electrons. The van der Waals surface area contributed by atoms with Gasteiger partial charge in [0.25, 0.3) is 5.56 Å². The summed E-state index contributed by atoms with van der Waals surface area (Å²) in [5.74, 6) is 0.348. The average molecular weight is 404 g/mol. The second-order valence-corrected chi connectivity index (χ2v) is 6.75. The molecule has 1 aliphatic rings. The molecule has 2 atom stereocenters. The van der Waals surface area contributed by atoms with Gasteiger partial charge in [0.1, 0.15) is 0 Å². The number of rotatable bonds is 4. The number of pyridine rings is 1. The molecule has 0 saturated heterocycles. The Balaban J connectivity index is 0.00000169. The van der Waals surface area contributed by atoms with Crippen molar-refractivity contribution in [1.82, 2.24) is 20.1 Å². The van der Waals surface area contributed by atoms with E-state index in [1.807, 2.05) is 13.8 Å². The smallest absolute Gasteiger partial charge is 0.273 e. The first-order valence-electron chi connectivity index (χ1n) is 8.46. The number of hydrogen-bond acceptors (Lipinski definition) is 4. The zero-order valence-electron chi connectivity index (χ0n) is 15.3. The van der Waals surface area contributed by atoms with Gasteiger partial charge in [0.15, 0.2) is 5.65 Å². The van der Waals surface area contributed by atoms with Crippen LogP contribution in [0.15, 0.2) is 4.79 Å². The molecule has 0 aliphatic heterocycles. The second-order valence-electron chi connectivity index (χ2n) is 6.75. The molecule has 26 heavy (non-hydrogen) atoms. The molecule has 0 unspecified atom stereocenters. The summed E-state index contributed by atoms with van der Waals surface area (Å²) in [6, 6.07) is 0. The highest BCUT2D eigenvalue weighted by Gasteiger charge is 2.31. The van der Waals surface area contributed by atoms with Gasteiger partial charge in [-0.15, -0.1) is 24.8 Å². The van der Waals surface area contributed by atoms with Crippen molar-refractivity contribution in [3.8, 4) is 0 Å². The van der Waals surface area contributed by atoms with Crippen molar-refractivity contribution in [2.45, 2.75) is 39.7 Å². The number of fused-ring (bicyclic) bond motifs is 1. The Bertz CT molecular complexity index is 846. The number of H-pyrrole nitrogens is 1. The van der Waals surface area contributed by atoms with Crippen LogP contribution < -0.4 is 16.6 Å². The molecule has 1 amide bonds. The summed E-state index contributed by atoms with van der Waals surface area (Å²) in [6.45, 7) is 4.76. The lowest BCUT2D eigenvalue weighted by Gasteiger charge is -2.18. The molecule has 4 N–H and O–H groups in total. The van der Waals surface area contributed by atoms with Crippen LogP contribution >= 0.6 is 24.8 Å². The lowest BCUT2D eigenvalue weighted by atomic mass is 9.95. The summed E-state index contributed by atoms with van der Waals surface area (Å²) < 4.78 is 1.63. The van der Waals surface area contributed by atoms with Crippen LogP contribution in [-0.2, 0) is 18.4 Å². The van der Waals surface area contributed by atoms with Crippen molar-refractivity contribution in [1.29, 1.82) is 0 Å². The normalized spacial score (nSPS) is 19.1. The van der Waals surface area contributed by atoms with Gasteiger partial charge in [-0.2, -0.15) is 0 Å². The van der Waals surface area contributed by atoms with Gasteiger partial charge in [0.05, 0.1) is 5.39 Å². The molecular formula is C17H27Cl2N5O2. The van der Waals surface area contributed by atoms with Gasteiger partial charge in [0.2, 0.25) is 5.91 Å². The number of carbonyl (C=O) groups excluding carboxylic acids is 1. The van der Waals surface area contributed by atoms with Crippen LogP contribution in [-0.4, -0.2) is 27.2 Å². The molecule has 3 rings (SSSR count). The van der Waals surface area contributed by atoms with Crippen molar-refractivity contribution in [3.63, 3.8) is 0 Å². The molecule has 1 saturated carbocycles. The van der Waals surface area contributed by atoms with Crippen LogP contribution in [0.25, 0.3) is 11.0 Å². The number of amides is 1. The van der Waals surface area contributed by atoms with Crippen molar-refractivity contribution in [3.05, 3.63) is 27.2 Å². The number of aromatic nitrogens is 3. The Morgan fingerprint density at radius 3 is 2.69 bits per heavy atom. The van der Waals surface area contributed by atoms with E-state index in [1.165, 1.54) is 0 Å². The Morgan fingerprint density at radius 1 is 1.35 bits per heavy atom.